The van der Waals surface area contributed by atoms with Gasteiger partial charge in [0.05, 0.1) is 14.9 Å². The Hall–Kier alpha value is -0.710. The molecule has 5 heteroatoms. The molecule has 2 aromatic rings. The highest BCUT2D eigenvalue weighted by Gasteiger charge is 2.05. The predicted octanol–water partition coefficient (Wildman–Crippen LogP) is 5.56. The van der Waals surface area contributed by atoms with Gasteiger partial charge in [-0.3, -0.25) is 0 Å². The topological polar surface area (TPSA) is 21.3 Å². The standard InChI is InChI=1S/C14H15BrClNOS/c1-9(2)18-13-4-3-11(6-12(13)16)17-7-10-5-14(15)19-8-10/h3-6,8-9,17H,7H2,1-2H3. The quantitative estimate of drug-likeness (QED) is 0.753. The van der Waals surface area contributed by atoms with E-state index in [4.69, 9.17) is 16.3 Å². The molecule has 102 valence electrons. The van der Waals surface area contributed by atoms with Crippen molar-refractivity contribution in [2.75, 3.05) is 5.32 Å². The Morgan fingerprint density at radius 3 is 2.74 bits per heavy atom. The second-order valence-corrected chi connectivity index (χ2v) is 7.12. The van der Waals surface area contributed by atoms with Crippen LogP contribution in [-0.2, 0) is 6.54 Å². The van der Waals surface area contributed by atoms with Gasteiger partial charge in [-0.25, -0.2) is 0 Å². The normalized spacial score (nSPS) is 10.8. The van der Waals surface area contributed by atoms with Crippen LogP contribution < -0.4 is 10.1 Å². The summed E-state index contributed by atoms with van der Waals surface area (Å²) in [6.07, 6.45) is 0.125. The van der Waals surface area contributed by atoms with Crippen LogP contribution in [0.15, 0.2) is 33.4 Å². The van der Waals surface area contributed by atoms with Gasteiger partial charge in [-0.05, 0) is 65.0 Å². The average molecular weight is 361 g/mol. The van der Waals surface area contributed by atoms with Crippen molar-refractivity contribution < 1.29 is 4.74 Å². The summed E-state index contributed by atoms with van der Waals surface area (Å²) in [6, 6.07) is 7.87. The van der Waals surface area contributed by atoms with E-state index in [1.165, 1.54) is 5.56 Å². The third-order valence-corrected chi connectivity index (χ3v) is 4.26. The van der Waals surface area contributed by atoms with Gasteiger partial charge >= 0.3 is 0 Å². The number of anilines is 1. The molecule has 0 aliphatic rings. The van der Waals surface area contributed by atoms with E-state index in [9.17, 15) is 0 Å². The summed E-state index contributed by atoms with van der Waals surface area (Å²) in [4.78, 5) is 0. The van der Waals surface area contributed by atoms with Crippen molar-refractivity contribution >= 4 is 44.6 Å². The number of hydrogen-bond donors (Lipinski definition) is 1. The van der Waals surface area contributed by atoms with E-state index in [0.717, 1.165) is 21.8 Å². The third kappa shape index (κ3) is 4.41. The van der Waals surface area contributed by atoms with Gasteiger partial charge in [0.2, 0.25) is 0 Å². The molecule has 1 aromatic heterocycles. The maximum absolute atomic E-state index is 6.19. The van der Waals surface area contributed by atoms with E-state index in [0.29, 0.717) is 5.02 Å². The van der Waals surface area contributed by atoms with Crippen molar-refractivity contribution in [3.8, 4) is 5.75 Å². The van der Waals surface area contributed by atoms with Crippen LogP contribution in [0.3, 0.4) is 0 Å². The summed E-state index contributed by atoms with van der Waals surface area (Å²) in [6.45, 7) is 4.75. The molecule has 0 fully saturated rings. The van der Waals surface area contributed by atoms with Gasteiger partial charge in [-0.15, -0.1) is 11.3 Å². The first kappa shape index (κ1) is 14.7. The zero-order valence-electron chi connectivity index (χ0n) is 10.7. The molecular weight excluding hydrogens is 346 g/mol. The number of halogens is 2. The van der Waals surface area contributed by atoms with Crippen molar-refractivity contribution in [2.45, 2.75) is 26.5 Å². The molecule has 2 nitrogen and oxygen atoms in total. The highest BCUT2D eigenvalue weighted by molar-refractivity contribution is 9.11. The van der Waals surface area contributed by atoms with Crippen molar-refractivity contribution in [2.24, 2.45) is 0 Å². The zero-order valence-corrected chi connectivity index (χ0v) is 13.9. The summed E-state index contributed by atoms with van der Waals surface area (Å²) < 4.78 is 6.74. The Balaban J connectivity index is 1.99. The molecular formula is C14H15BrClNOS. The van der Waals surface area contributed by atoms with Crippen LogP contribution >= 0.6 is 38.9 Å². The van der Waals surface area contributed by atoms with Crippen molar-refractivity contribution in [3.05, 3.63) is 44.0 Å². The number of nitrogens with one attached hydrogen (secondary N) is 1. The molecule has 1 N–H and O–H groups in total. The smallest absolute Gasteiger partial charge is 0.138 e. The van der Waals surface area contributed by atoms with Crippen molar-refractivity contribution in [1.82, 2.24) is 0 Å². The predicted molar refractivity (Wildman–Crippen MR) is 86.6 cm³/mol. The lowest BCUT2D eigenvalue weighted by atomic mass is 10.2. The first-order chi connectivity index (χ1) is 9.04. The molecule has 0 atom stereocenters. The molecule has 0 radical (unpaired) electrons. The summed E-state index contributed by atoms with van der Waals surface area (Å²) in [5.74, 6) is 0.723. The summed E-state index contributed by atoms with van der Waals surface area (Å²) >= 11 is 11.3. The third-order valence-electron chi connectivity index (χ3n) is 2.41. The monoisotopic (exact) mass is 359 g/mol. The highest BCUT2D eigenvalue weighted by atomic mass is 79.9. The van der Waals surface area contributed by atoms with E-state index in [2.05, 4.69) is 32.7 Å². The number of thiophene rings is 1. The molecule has 0 unspecified atom stereocenters. The second-order valence-electron chi connectivity index (χ2n) is 4.42. The minimum atomic E-state index is 0.125. The molecule has 0 aliphatic heterocycles. The lowest BCUT2D eigenvalue weighted by Gasteiger charge is -2.13. The molecule has 0 saturated heterocycles. The van der Waals surface area contributed by atoms with Crippen LogP contribution in [-0.4, -0.2) is 6.10 Å². The van der Waals surface area contributed by atoms with Gasteiger partial charge in [0.15, 0.2) is 0 Å². The van der Waals surface area contributed by atoms with Gasteiger partial charge in [0.25, 0.3) is 0 Å². The maximum Gasteiger partial charge on any atom is 0.138 e. The number of rotatable bonds is 5. The van der Waals surface area contributed by atoms with Crippen LogP contribution in [0.4, 0.5) is 5.69 Å². The number of ether oxygens (including phenoxy) is 1. The van der Waals surface area contributed by atoms with Crippen LogP contribution in [0.25, 0.3) is 0 Å². The molecule has 0 spiro atoms. The molecule has 0 aliphatic carbocycles. The van der Waals surface area contributed by atoms with Crippen LogP contribution in [0, 0.1) is 0 Å². The van der Waals surface area contributed by atoms with E-state index in [1.807, 2.05) is 32.0 Å². The van der Waals surface area contributed by atoms with Crippen LogP contribution in [0.1, 0.15) is 19.4 Å². The lowest BCUT2D eigenvalue weighted by Crippen LogP contribution is -2.06. The fraction of sp³-hybridized carbons (Fsp3) is 0.286. The summed E-state index contributed by atoms with van der Waals surface area (Å²) in [5.41, 5.74) is 2.24. The molecule has 1 aromatic carbocycles. The Morgan fingerprint density at radius 1 is 1.37 bits per heavy atom. The number of benzene rings is 1. The maximum atomic E-state index is 6.19. The molecule has 0 saturated carbocycles. The number of hydrogen-bond acceptors (Lipinski definition) is 3. The fourth-order valence-electron chi connectivity index (χ4n) is 1.60. The zero-order chi connectivity index (χ0) is 13.8. The first-order valence-corrected chi connectivity index (χ1v) is 8.02. The van der Waals surface area contributed by atoms with E-state index >= 15 is 0 Å². The van der Waals surface area contributed by atoms with Gasteiger partial charge in [-0.1, -0.05) is 11.6 Å². The Morgan fingerprint density at radius 2 is 2.16 bits per heavy atom. The molecule has 2 rings (SSSR count). The largest absolute Gasteiger partial charge is 0.489 e. The first-order valence-electron chi connectivity index (χ1n) is 5.97. The lowest BCUT2D eigenvalue weighted by molar-refractivity contribution is 0.242. The Bertz CT molecular complexity index is 556. The van der Waals surface area contributed by atoms with Gasteiger partial charge < -0.3 is 10.1 Å². The Kier molecular flexibility index (Phi) is 5.13. The SMILES string of the molecule is CC(C)Oc1ccc(NCc2csc(Br)c2)cc1Cl. The average Bonchev–Trinajstić information content (AvgIpc) is 2.75. The van der Waals surface area contributed by atoms with Crippen molar-refractivity contribution in [1.29, 1.82) is 0 Å². The van der Waals surface area contributed by atoms with Gasteiger partial charge in [-0.2, -0.15) is 0 Å². The van der Waals surface area contributed by atoms with E-state index in [-0.39, 0.29) is 6.10 Å². The molecule has 1 heterocycles. The highest BCUT2D eigenvalue weighted by Crippen LogP contribution is 2.29. The molecule has 0 bridgehead atoms. The van der Waals surface area contributed by atoms with Crippen molar-refractivity contribution in [3.63, 3.8) is 0 Å². The van der Waals surface area contributed by atoms with E-state index < -0.39 is 0 Å². The van der Waals surface area contributed by atoms with Crippen LogP contribution in [0.2, 0.25) is 5.02 Å². The molecule has 0 amide bonds. The van der Waals surface area contributed by atoms with Gasteiger partial charge in [0, 0.05) is 12.2 Å². The fourth-order valence-corrected chi connectivity index (χ4v) is 3.04. The summed E-state index contributed by atoms with van der Waals surface area (Å²) in [5, 5.41) is 6.09. The van der Waals surface area contributed by atoms with Gasteiger partial charge in [0.1, 0.15) is 5.75 Å². The molecule has 19 heavy (non-hydrogen) atoms. The Labute approximate surface area is 130 Å². The second kappa shape index (κ2) is 6.64. The van der Waals surface area contributed by atoms with E-state index in [1.54, 1.807) is 11.3 Å². The summed E-state index contributed by atoms with van der Waals surface area (Å²) in [7, 11) is 0. The minimum absolute atomic E-state index is 0.125. The van der Waals surface area contributed by atoms with Crippen LogP contribution in [0.5, 0.6) is 5.75 Å². The minimum Gasteiger partial charge on any atom is -0.489 e.